The fourth-order valence-electron chi connectivity index (χ4n) is 4.35. The van der Waals surface area contributed by atoms with Crippen LogP contribution in [-0.2, 0) is 9.59 Å². The lowest BCUT2D eigenvalue weighted by molar-refractivity contribution is -0.139. The number of thiocarbonyl (C=S) groups is 1. The number of nitrogens with zero attached hydrogens (tertiary/aromatic N) is 4. The van der Waals surface area contributed by atoms with Crippen molar-refractivity contribution in [3.05, 3.63) is 59.0 Å². The second kappa shape index (κ2) is 9.63. The van der Waals surface area contributed by atoms with Crippen LogP contribution in [0.1, 0.15) is 26.3 Å². The highest BCUT2D eigenvalue weighted by Crippen LogP contribution is 2.33. The summed E-state index contributed by atoms with van der Waals surface area (Å²) in [5.41, 5.74) is 3.83. The number of piperazine rings is 1. The van der Waals surface area contributed by atoms with Gasteiger partial charge >= 0.3 is 0 Å². The summed E-state index contributed by atoms with van der Waals surface area (Å²) in [4.78, 5) is 39.7. The van der Waals surface area contributed by atoms with Crippen LogP contribution < -0.4 is 10.2 Å². The Labute approximate surface area is 220 Å². The summed E-state index contributed by atoms with van der Waals surface area (Å²) < 4.78 is 0.467. The maximum atomic E-state index is 12.8. The van der Waals surface area contributed by atoms with Crippen LogP contribution in [0.5, 0.6) is 0 Å². The maximum absolute atomic E-state index is 12.8. The molecule has 2 aliphatic heterocycles. The molecule has 0 aliphatic carbocycles. The lowest BCUT2D eigenvalue weighted by Crippen LogP contribution is -2.52. The molecule has 2 aromatic carbocycles. The van der Waals surface area contributed by atoms with Crippen LogP contribution in [0.3, 0.4) is 0 Å². The number of hydrogen-bond donors (Lipinski definition) is 1. The Balaban J connectivity index is 1.50. The van der Waals surface area contributed by atoms with E-state index < -0.39 is 5.41 Å². The summed E-state index contributed by atoms with van der Waals surface area (Å²) in [5, 5.41) is 2.66. The van der Waals surface area contributed by atoms with E-state index in [9.17, 15) is 9.59 Å². The summed E-state index contributed by atoms with van der Waals surface area (Å²) in [6, 6.07) is 15.8. The van der Waals surface area contributed by atoms with Crippen molar-refractivity contribution < 1.29 is 9.59 Å². The van der Waals surface area contributed by atoms with Gasteiger partial charge in [-0.1, -0.05) is 75.1 Å². The monoisotopic (exact) mass is 517 g/mol. The fraction of sp³-hybridized carbons (Fsp3) is 0.296. The number of amides is 2. The molecular formula is C27H27N5O2S2. The summed E-state index contributed by atoms with van der Waals surface area (Å²) in [7, 11) is 0. The zero-order chi connectivity index (χ0) is 25.4. The second-order valence-corrected chi connectivity index (χ2v) is 11.6. The van der Waals surface area contributed by atoms with E-state index in [2.05, 4.69) is 10.2 Å². The highest BCUT2D eigenvalue weighted by molar-refractivity contribution is 8.26. The summed E-state index contributed by atoms with van der Waals surface area (Å²) in [5.74, 6) is 0.792. The van der Waals surface area contributed by atoms with Crippen molar-refractivity contribution in [2.75, 3.05) is 31.1 Å². The predicted octanol–water partition coefficient (Wildman–Crippen LogP) is 4.48. The molecule has 7 nitrogen and oxygen atoms in total. The van der Waals surface area contributed by atoms with E-state index in [4.69, 9.17) is 22.2 Å². The van der Waals surface area contributed by atoms with Crippen molar-refractivity contribution in [2.24, 2.45) is 5.41 Å². The molecule has 0 atom stereocenters. The molecule has 36 heavy (non-hydrogen) atoms. The SMILES string of the molecule is CC(C)(C)C(=O)N1CCN(c2nc3ccccc3nc2-c2cccc(C=C3SC(=S)NC3=O)c2)CC1. The molecule has 3 heterocycles. The van der Waals surface area contributed by atoms with E-state index in [1.54, 1.807) is 0 Å². The zero-order valence-corrected chi connectivity index (χ0v) is 22.1. The molecule has 9 heteroatoms. The van der Waals surface area contributed by atoms with Gasteiger partial charge in [0.1, 0.15) is 10.0 Å². The second-order valence-electron chi connectivity index (χ2n) is 9.89. The minimum Gasteiger partial charge on any atom is -0.351 e. The molecule has 0 unspecified atom stereocenters. The van der Waals surface area contributed by atoms with Crippen LogP contribution in [0.2, 0.25) is 0 Å². The van der Waals surface area contributed by atoms with E-state index in [-0.39, 0.29) is 11.8 Å². The van der Waals surface area contributed by atoms with Gasteiger partial charge in [-0.05, 0) is 29.8 Å². The van der Waals surface area contributed by atoms with E-state index in [1.165, 1.54) is 11.8 Å². The summed E-state index contributed by atoms with van der Waals surface area (Å²) in [6.07, 6.45) is 1.84. The van der Waals surface area contributed by atoms with Crippen molar-refractivity contribution in [3.8, 4) is 11.3 Å². The van der Waals surface area contributed by atoms with Crippen molar-refractivity contribution in [1.29, 1.82) is 0 Å². The molecule has 184 valence electrons. The Hall–Kier alpha value is -3.30. The molecular weight excluding hydrogens is 490 g/mol. The molecule has 3 aromatic rings. The van der Waals surface area contributed by atoms with Crippen molar-refractivity contribution >= 4 is 63.0 Å². The van der Waals surface area contributed by atoms with E-state index >= 15 is 0 Å². The molecule has 1 N–H and O–H groups in total. The number of fused-ring (bicyclic) bond motifs is 1. The van der Waals surface area contributed by atoms with E-state index in [0.717, 1.165) is 33.7 Å². The van der Waals surface area contributed by atoms with Crippen LogP contribution in [0.25, 0.3) is 28.4 Å². The van der Waals surface area contributed by atoms with Crippen LogP contribution in [0.15, 0.2) is 53.4 Å². The number of anilines is 1. The molecule has 0 radical (unpaired) electrons. The molecule has 2 amide bonds. The minimum atomic E-state index is -0.400. The topological polar surface area (TPSA) is 78.4 Å². The van der Waals surface area contributed by atoms with Gasteiger partial charge in [0, 0.05) is 37.2 Å². The Kier molecular flexibility index (Phi) is 6.53. The fourth-order valence-corrected chi connectivity index (χ4v) is 5.39. The van der Waals surface area contributed by atoms with Gasteiger partial charge in [-0.2, -0.15) is 0 Å². The van der Waals surface area contributed by atoms with E-state index in [1.807, 2.05) is 80.3 Å². The van der Waals surface area contributed by atoms with Crippen LogP contribution in [-0.4, -0.2) is 57.2 Å². The number of nitrogens with one attached hydrogen (secondary N) is 1. The Morgan fingerprint density at radius 1 is 1.03 bits per heavy atom. The quantitative estimate of drug-likeness (QED) is 0.405. The molecule has 2 aliphatic rings. The molecule has 5 rings (SSSR count). The van der Waals surface area contributed by atoms with Crippen molar-refractivity contribution in [1.82, 2.24) is 20.2 Å². The van der Waals surface area contributed by atoms with Crippen LogP contribution >= 0.6 is 24.0 Å². The normalized spacial score (nSPS) is 17.7. The number of para-hydroxylation sites is 2. The Morgan fingerprint density at radius 2 is 1.72 bits per heavy atom. The number of rotatable bonds is 3. The van der Waals surface area contributed by atoms with Gasteiger partial charge in [-0.25, -0.2) is 9.97 Å². The van der Waals surface area contributed by atoms with Crippen molar-refractivity contribution in [3.63, 3.8) is 0 Å². The first-order valence-corrected chi connectivity index (χ1v) is 13.1. The Morgan fingerprint density at radius 3 is 2.36 bits per heavy atom. The zero-order valence-electron chi connectivity index (χ0n) is 20.4. The summed E-state index contributed by atoms with van der Waals surface area (Å²) >= 11 is 6.38. The number of thioether (sulfide) groups is 1. The van der Waals surface area contributed by atoms with Gasteiger partial charge in [0.05, 0.1) is 15.9 Å². The van der Waals surface area contributed by atoms with Gasteiger partial charge in [0.2, 0.25) is 5.91 Å². The lowest BCUT2D eigenvalue weighted by atomic mass is 9.94. The van der Waals surface area contributed by atoms with Gasteiger partial charge in [-0.3, -0.25) is 9.59 Å². The third-order valence-electron chi connectivity index (χ3n) is 6.16. The highest BCUT2D eigenvalue weighted by atomic mass is 32.2. The first kappa shape index (κ1) is 24.4. The number of benzene rings is 2. The van der Waals surface area contributed by atoms with Gasteiger partial charge in [-0.15, -0.1) is 0 Å². The molecule has 0 bridgehead atoms. The number of carbonyl (C=O) groups excluding carboxylic acids is 2. The standard InChI is InChI=1S/C27H27N5O2S2/c1-27(2,3)25(34)32-13-11-31(12-14-32)23-22(28-19-9-4-5-10-20(19)29-23)18-8-6-7-17(15-18)16-21-24(33)30-26(35)36-21/h4-10,15-16H,11-14H2,1-3H3,(H,30,33,35). The maximum Gasteiger partial charge on any atom is 0.263 e. The average Bonchev–Trinajstić information content (AvgIpc) is 3.18. The van der Waals surface area contributed by atoms with Crippen molar-refractivity contribution in [2.45, 2.75) is 20.8 Å². The minimum absolute atomic E-state index is 0.168. The average molecular weight is 518 g/mol. The number of aromatic nitrogens is 2. The molecule has 0 spiro atoms. The first-order chi connectivity index (χ1) is 17.2. The molecule has 0 saturated carbocycles. The Bertz CT molecular complexity index is 1400. The van der Waals surface area contributed by atoms with E-state index in [0.29, 0.717) is 35.4 Å². The summed E-state index contributed by atoms with van der Waals surface area (Å²) in [6.45, 7) is 8.51. The number of hydrogen-bond acceptors (Lipinski definition) is 7. The number of carbonyl (C=O) groups is 2. The lowest BCUT2D eigenvalue weighted by Gasteiger charge is -2.38. The molecule has 2 saturated heterocycles. The third kappa shape index (κ3) is 4.99. The predicted molar refractivity (Wildman–Crippen MR) is 150 cm³/mol. The van der Waals surface area contributed by atoms with Gasteiger partial charge in [0.25, 0.3) is 5.91 Å². The van der Waals surface area contributed by atoms with Crippen LogP contribution in [0, 0.1) is 5.41 Å². The third-order valence-corrected chi connectivity index (χ3v) is 7.32. The molecule has 2 fully saturated rings. The van der Waals surface area contributed by atoms with Crippen LogP contribution in [0.4, 0.5) is 5.82 Å². The van der Waals surface area contributed by atoms with Gasteiger partial charge < -0.3 is 15.1 Å². The highest BCUT2D eigenvalue weighted by Gasteiger charge is 2.31. The molecule has 1 aromatic heterocycles. The first-order valence-electron chi connectivity index (χ1n) is 11.9. The smallest absolute Gasteiger partial charge is 0.263 e. The van der Waals surface area contributed by atoms with Gasteiger partial charge in [0.15, 0.2) is 5.82 Å². The largest absolute Gasteiger partial charge is 0.351 e.